The highest BCUT2D eigenvalue weighted by Gasteiger charge is 2.28. The maximum atomic E-state index is 4.65. The molecule has 98 valence electrons. The molecule has 1 aliphatic rings. The quantitative estimate of drug-likeness (QED) is 0.902. The van der Waals surface area contributed by atoms with Gasteiger partial charge in [-0.3, -0.25) is 4.98 Å². The summed E-state index contributed by atoms with van der Waals surface area (Å²) in [5.74, 6) is 0.677. The molecule has 0 spiro atoms. The van der Waals surface area contributed by atoms with Gasteiger partial charge in [-0.1, -0.05) is 30.3 Å². The summed E-state index contributed by atoms with van der Waals surface area (Å²) in [5.41, 5.74) is 5.29. The first-order valence-electron chi connectivity index (χ1n) is 6.96. The van der Waals surface area contributed by atoms with Gasteiger partial charge in [0.25, 0.3) is 0 Å². The van der Waals surface area contributed by atoms with Gasteiger partial charge in [-0.15, -0.1) is 0 Å². The van der Waals surface area contributed by atoms with Crippen molar-refractivity contribution in [2.45, 2.75) is 31.7 Å². The van der Waals surface area contributed by atoms with Crippen molar-refractivity contribution in [1.29, 1.82) is 0 Å². The minimum Gasteiger partial charge on any atom is -0.312 e. The first-order valence-corrected chi connectivity index (χ1v) is 6.96. The van der Waals surface area contributed by atoms with E-state index in [1.54, 1.807) is 0 Å². The van der Waals surface area contributed by atoms with Crippen LogP contribution in [0, 0.1) is 6.92 Å². The van der Waals surface area contributed by atoms with Gasteiger partial charge in [-0.05, 0) is 56.0 Å². The van der Waals surface area contributed by atoms with Gasteiger partial charge in [0.05, 0.1) is 5.69 Å². The zero-order chi connectivity index (χ0) is 13.2. The maximum Gasteiger partial charge on any atom is 0.0576 e. The van der Waals surface area contributed by atoms with Crippen molar-refractivity contribution in [2.75, 3.05) is 7.05 Å². The molecule has 2 atom stereocenters. The van der Waals surface area contributed by atoms with E-state index in [9.17, 15) is 0 Å². The average Bonchev–Trinajstić information content (AvgIpc) is 2.40. The molecule has 0 aliphatic heterocycles. The largest absolute Gasteiger partial charge is 0.312 e. The zero-order valence-corrected chi connectivity index (χ0v) is 11.6. The third-order valence-corrected chi connectivity index (χ3v) is 4.10. The lowest BCUT2D eigenvalue weighted by Crippen LogP contribution is -2.25. The Morgan fingerprint density at radius 1 is 1.21 bits per heavy atom. The van der Waals surface area contributed by atoms with Crippen LogP contribution in [0.5, 0.6) is 0 Å². The van der Waals surface area contributed by atoms with E-state index in [-0.39, 0.29) is 0 Å². The molecule has 0 saturated heterocycles. The van der Waals surface area contributed by atoms with Crippen LogP contribution in [0.25, 0.3) is 0 Å². The van der Waals surface area contributed by atoms with Gasteiger partial charge >= 0.3 is 0 Å². The predicted molar refractivity (Wildman–Crippen MR) is 78.3 cm³/mol. The van der Waals surface area contributed by atoms with Crippen molar-refractivity contribution in [3.05, 3.63) is 65.0 Å². The van der Waals surface area contributed by atoms with Crippen molar-refractivity contribution in [2.24, 2.45) is 0 Å². The fourth-order valence-electron chi connectivity index (χ4n) is 3.00. The van der Waals surface area contributed by atoms with Gasteiger partial charge in [-0.25, -0.2) is 0 Å². The first-order chi connectivity index (χ1) is 9.28. The summed E-state index contributed by atoms with van der Waals surface area (Å²) in [7, 11) is 2.03. The van der Waals surface area contributed by atoms with E-state index in [4.69, 9.17) is 0 Å². The number of aromatic nitrogens is 1. The van der Waals surface area contributed by atoms with Gasteiger partial charge in [-0.2, -0.15) is 0 Å². The van der Waals surface area contributed by atoms with Crippen molar-refractivity contribution in [1.82, 2.24) is 10.3 Å². The number of hydrogen-bond donors (Lipinski definition) is 1. The Balaban J connectivity index is 1.76. The third-order valence-electron chi connectivity index (χ3n) is 4.10. The molecule has 1 N–H and O–H groups in total. The van der Waals surface area contributed by atoms with E-state index in [1.807, 2.05) is 7.05 Å². The minimum absolute atomic E-state index is 0.346. The van der Waals surface area contributed by atoms with Crippen molar-refractivity contribution in [3.8, 4) is 0 Å². The van der Waals surface area contributed by atoms with Crippen molar-refractivity contribution in [3.63, 3.8) is 0 Å². The maximum absolute atomic E-state index is 4.65. The van der Waals surface area contributed by atoms with Crippen LogP contribution in [0.2, 0.25) is 0 Å². The first kappa shape index (κ1) is 12.4. The second-order valence-corrected chi connectivity index (χ2v) is 5.38. The van der Waals surface area contributed by atoms with Crippen LogP contribution in [0.4, 0.5) is 0 Å². The Labute approximate surface area is 114 Å². The lowest BCUT2D eigenvalue weighted by molar-refractivity contribution is 0.445. The molecule has 2 unspecified atom stereocenters. The highest BCUT2D eigenvalue weighted by atomic mass is 14.9. The summed E-state index contributed by atoms with van der Waals surface area (Å²) in [6.07, 6.45) is 2.34. The zero-order valence-electron chi connectivity index (χ0n) is 11.6. The summed E-state index contributed by atoms with van der Waals surface area (Å²) < 4.78 is 0. The Hall–Kier alpha value is -1.67. The highest BCUT2D eigenvalue weighted by Crippen LogP contribution is 2.40. The number of benzene rings is 1. The fraction of sp³-hybridized carbons (Fsp3) is 0.353. The molecule has 1 heterocycles. The summed E-state index contributed by atoms with van der Waals surface area (Å²) in [6.45, 7) is 2.05. The monoisotopic (exact) mass is 252 g/mol. The standard InChI is InChI=1S/C17H20N2/c1-12-6-5-9-16(19-12)17(18-2)11-14-10-13-7-3-4-8-15(13)14/h3-9,14,17-18H,10-11H2,1-2H3. The van der Waals surface area contributed by atoms with E-state index in [1.165, 1.54) is 17.5 Å². The summed E-state index contributed by atoms with van der Waals surface area (Å²) in [6, 6.07) is 15.4. The predicted octanol–water partition coefficient (Wildman–Crippen LogP) is 3.38. The molecule has 0 saturated carbocycles. The minimum atomic E-state index is 0.346. The SMILES string of the molecule is CNC(CC1Cc2ccccc21)c1cccc(C)n1. The number of nitrogens with one attached hydrogen (secondary N) is 1. The molecular formula is C17H20N2. The third kappa shape index (κ3) is 2.41. The molecule has 2 nitrogen and oxygen atoms in total. The second-order valence-electron chi connectivity index (χ2n) is 5.38. The molecule has 1 aromatic carbocycles. The molecule has 3 rings (SSSR count). The van der Waals surface area contributed by atoms with E-state index in [0.717, 1.165) is 17.8 Å². The van der Waals surface area contributed by atoms with Gasteiger partial charge in [0.1, 0.15) is 0 Å². The van der Waals surface area contributed by atoms with Crippen LogP contribution in [0.3, 0.4) is 0 Å². The van der Waals surface area contributed by atoms with E-state index in [2.05, 4.69) is 59.7 Å². The molecule has 0 fully saturated rings. The van der Waals surface area contributed by atoms with Crippen LogP contribution in [-0.4, -0.2) is 12.0 Å². The summed E-state index contributed by atoms with van der Waals surface area (Å²) in [4.78, 5) is 4.65. The lowest BCUT2D eigenvalue weighted by atomic mass is 9.74. The van der Waals surface area contributed by atoms with Gasteiger partial charge in [0.15, 0.2) is 0 Å². The van der Waals surface area contributed by atoms with Crippen LogP contribution in [0.15, 0.2) is 42.5 Å². The molecule has 19 heavy (non-hydrogen) atoms. The molecule has 0 amide bonds. The van der Waals surface area contributed by atoms with Crippen LogP contribution < -0.4 is 5.32 Å². The summed E-state index contributed by atoms with van der Waals surface area (Å²) in [5, 5.41) is 3.41. The number of nitrogens with zero attached hydrogens (tertiary/aromatic N) is 1. The molecular weight excluding hydrogens is 232 g/mol. The molecule has 2 aromatic rings. The van der Waals surface area contributed by atoms with Gasteiger partial charge in [0, 0.05) is 11.7 Å². The number of rotatable bonds is 4. The summed E-state index contributed by atoms with van der Waals surface area (Å²) >= 11 is 0. The van der Waals surface area contributed by atoms with E-state index < -0.39 is 0 Å². The van der Waals surface area contributed by atoms with Crippen LogP contribution in [0.1, 0.15) is 40.9 Å². The Kier molecular flexibility index (Phi) is 3.34. The lowest BCUT2D eigenvalue weighted by Gasteiger charge is -2.33. The molecule has 0 radical (unpaired) electrons. The van der Waals surface area contributed by atoms with Crippen LogP contribution in [-0.2, 0) is 6.42 Å². The number of fused-ring (bicyclic) bond motifs is 1. The van der Waals surface area contributed by atoms with E-state index in [0.29, 0.717) is 12.0 Å². The second kappa shape index (κ2) is 5.14. The fourth-order valence-corrected chi connectivity index (χ4v) is 3.00. The van der Waals surface area contributed by atoms with Gasteiger partial charge in [0.2, 0.25) is 0 Å². The molecule has 1 aromatic heterocycles. The van der Waals surface area contributed by atoms with Crippen molar-refractivity contribution >= 4 is 0 Å². The van der Waals surface area contributed by atoms with Crippen molar-refractivity contribution < 1.29 is 0 Å². The van der Waals surface area contributed by atoms with Crippen LogP contribution >= 0.6 is 0 Å². The topological polar surface area (TPSA) is 24.9 Å². The van der Waals surface area contributed by atoms with E-state index >= 15 is 0 Å². The molecule has 1 aliphatic carbocycles. The number of pyridine rings is 1. The van der Waals surface area contributed by atoms with Gasteiger partial charge < -0.3 is 5.32 Å². The molecule has 0 bridgehead atoms. The Morgan fingerprint density at radius 2 is 2.05 bits per heavy atom. The normalized spacial score (nSPS) is 18.5. The Morgan fingerprint density at radius 3 is 2.79 bits per heavy atom. The smallest absolute Gasteiger partial charge is 0.0576 e. The average molecular weight is 252 g/mol. The highest BCUT2D eigenvalue weighted by molar-refractivity contribution is 5.40. The number of aryl methyl sites for hydroxylation is 1. The number of hydrogen-bond acceptors (Lipinski definition) is 2. The molecule has 2 heteroatoms. The Bertz CT molecular complexity index is 577.